The van der Waals surface area contributed by atoms with Crippen LogP contribution in [-0.4, -0.2) is 46.6 Å². The SMILES string of the molecule is CCn1[nH]c(=O)c2ccc(Nc3cc(N[C@H](CO)c4ccccc4)c(-c4nnc(-c5ccccn5)o4)cn3)nc21. The van der Waals surface area contributed by atoms with Crippen molar-refractivity contribution in [3.8, 4) is 23.0 Å². The van der Waals surface area contributed by atoms with E-state index < -0.39 is 6.04 Å². The third kappa shape index (κ3) is 4.90. The predicted molar refractivity (Wildman–Crippen MR) is 150 cm³/mol. The van der Waals surface area contributed by atoms with Gasteiger partial charge in [-0.3, -0.25) is 19.6 Å². The Morgan fingerprint density at radius 1 is 1.00 bits per heavy atom. The number of benzene rings is 1. The van der Waals surface area contributed by atoms with E-state index in [4.69, 9.17) is 4.42 Å². The highest BCUT2D eigenvalue weighted by Gasteiger charge is 2.19. The highest BCUT2D eigenvalue weighted by Crippen LogP contribution is 2.33. The first-order chi connectivity index (χ1) is 19.6. The summed E-state index contributed by atoms with van der Waals surface area (Å²) in [6.07, 6.45) is 3.26. The molecule has 40 heavy (non-hydrogen) atoms. The summed E-state index contributed by atoms with van der Waals surface area (Å²) in [5.41, 5.74) is 2.96. The van der Waals surface area contributed by atoms with E-state index in [1.165, 1.54) is 0 Å². The van der Waals surface area contributed by atoms with Crippen molar-refractivity contribution >= 4 is 28.4 Å². The fraction of sp³-hybridized carbons (Fsp3) is 0.143. The number of aliphatic hydroxyl groups is 1. The molecule has 0 aliphatic heterocycles. The van der Waals surface area contributed by atoms with Crippen molar-refractivity contribution in [3.63, 3.8) is 0 Å². The fourth-order valence-electron chi connectivity index (χ4n) is 4.34. The van der Waals surface area contributed by atoms with Gasteiger partial charge in [0.1, 0.15) is 17.3 Å². The summed E-state index contributed by atoms with van der Waals surface area (Å²) in [6, 6.07) is 19.8. The van der Waals surface area contributed by atoms with Gasteiger partial charge in [0.05, 0.1) is 29.3 Å². The van der Waals surface area contributed by atoms with Crippen LogP contribution in [0.4, 0.5) is 17.3 Å². The van der Waals surface area contributed by atoms with Gasteiger partial charge < -0.3 is 20.2 Å². The van der Waals surface area contributed by atoms with Gasteiger partial charge in [-0.05, 0) is 36.8 Å². The summed E-state index contributed by atoms with van der Waals surface area (Å²) in [4.78, 5) is 25.6. The summed E-state index contributed by atoms with van der Waals surface area (Å²) in [7, 11) is 0. The van der Waals surface area contributed by atoms with Crippen LogP contribution >= 0.6 is 0 Å². The van der Waals surface area contributed by atoms with Crippen LogP contribution in [0.1, 0.15) is 18.5 Å². The maximum absolute atomic E-state index is 12.2. The first-order valence-electron chi connectivity index (χ1n) is 12.7. The number of nitrogens with zero attached hydrogens (tertiary/aromatic N) is 6. The average molecular weight is 536 g/mol. The topological polar surface area (TPSA) is 160 Å². The van der Waals surface area contributed by atoms with Gasteiger partial charge in [-0.1, -0.05) is 36.4 Å². The number of fused-ring (bicyclic) bond motifs is 1. The Morgan fingerprint density at radius 2 is 1.82 bits per heavy atom. The first-order valence-corrected chi connectivity index (χ1v) is 12.7. The quantitative estimate of drug-likeness (QED) is 0.212. The van der Waals surface area contributed by atoms with Gasteiger partial charge in [-0.2, -0.15) is 0 Å². The number of hydrogen-bond acceptors (Lipinski definition) is 10. The van der Waals surface area contributed by atoms with Crippen molar-refractivity contribution in [3.05, 3.63) is 95.0 Å². The number of aromatic amines is 1. The Labute approximate surface area is 227 Å². The minimum atomic E-state index is -0.415. The molecule has 0 unspecified atom stereocenters. The largest absolute Gasteiger partial charge is 0.414 e. The molecule has 0 aliphatic carbocycles. The second kappa shape index (κ2) is 10.8. The smallest absolute Gasteiger partial charge is 0.273 e. The molecule has 0 bridgehead atoms. The van der Waals surface area contributed by atoms with Gasteiger partial charge >= 0.3 is 0 Å². The number of nitrogens with one attached hydrogen (secondary N) is 3. The molecule has 4 N–H and O–H groups in total. The summed E-state index contributed by atoms with van der Waals surface area (Å²) in [6.45, 7) is 2.34. The van der Waals surface area contributed by atoms with Crippen molar-refractivity contribution < 1.29 is 9.52 Å². The maximum Gasteiger partial charge on any atom is 0.273 e. The van der Waals surface area contributed by atoms with Crippen LogP contribution in [0.15, 0.2) is 88.3 Å². The van der Waals surface area contributed by atoms with Crippen LogP contribution in [0.2, 0.25) is 0 Å². The normalized spacial score (nSPS) is 11.9. The zero-order valence-electron chi connectivity index (χ0n) is 21.4. The molecule has 0 aliphatic rings. The molecule has 0 spiro atoms. The lowest BCUT2D eigenvalue weighted by Crippen LogP contribution is -2.15. The van der Waals surface area contributed by atoms with Crippen molar-refractivity contribution in [2.45, 2.75) is 19.5 Å². The van der Waals surface area contributed by atoms with Gasteiger partial charge in [-0.25, -0.2) is 9.97 Å². The minimum absolute atomic E-state index is 0.155. The van der Waals surface area contributed by atoms with Gasteiger partial charge in [-0.15, -0.1) is 10.2 Å². The minimum Gasteiger partial charge on any atom is -0.414 e. The summed E-state index contributed by atoms with van der Waals surface area (Å²) >= 11 is 0. The van der Waals surface area contributed by atoms with Gasteiger partial charge in [0.15, 0.2) is 5.65 Å². The van der Waals surface area contributed by atoms with Crippen LogP contribution in [0.3, 0.4) is 0 Å². The zero-order chi connectivity index (χ0) is 27.5. The van der Waals surface area contributed by atoms with E-state index in [-0.39, 0.29) is 23.9 Å². The predicted octanol–water partition coefficient (Wildman–Crippen LogP) is 4.14. The highest BCUT2D eigenvalue weighted by molar-refractivity contribution is 5.79. The molecule has 6 rings (SSSR count). The summed E-state index contributed by atoms with van der Waals surface area (Å²) in [5, 5.41) is 28.5. The molecule has 5 aromatic heterocycles. The van der Waals surface area contributed by atoms with Gasteiger partial charge in [0.2, 0.25) is 0 Å². The maximum atomic E-state index is 12.2. The van der Waals surface area contributed by atoms with Crippen molar-refractivity contribution in [2.75, 3.05) is 17.2 Å². The van der Waals surface area contributed by atoms with E-state index in [0.29, 0.717) is 46.2 Å². The number of aryl methyl sites for hydroxylation is 1. The number of aliphatic hydroxyl groups excluding tert-OH is 1. The van der Waals surface area contributed by atoms with Crippen molar-refractivity contribution in [2.24, 2.45) is 0 Å². The molecule has 12 heteroatoms. The van der Waals surface area contributed by atoms with E-state index in [1.807, 2.05) is 43.3 Å². The Kier molecular flexibility index (Phi) is 6.73. The molecule has 0 saturated heterocycles. The standard InChI is InChI=1S/C28H25N9O3/c1-2-37-25-18(26(39)36-37)11-12-23(33-25)32-24-14-21(31-22(16-38)17-8-4-3-5-9-17)19(15-30-24)27-34-35-28(40-27)20-10-6-7-13-29-20/h3-15,22,38H,2,16H2,1H3,(H,36,39)(H2,30,31,32,33)/t22-/m1/s1. The number of pyridine rings is 3. The van der Waals surface area contributed by atoms with Crippen molar-refractivity contribution in [1.82, 2.24) is 34.9 Å². The van der Waals surface area contributed by atoms with Gasteiger partial charge in [0.25, 0.3) is 17.3 Å². The number of H-pyrrole nitrogens is 1. The van der Waals surface area contributed by atoms with Crippen LogP contribution in [-0.2, 0) is 6.54 Å². The second-order valence-electron chi connectivity index (χ2n) is 8.91. The van der Waals surface area contributed by atoms with E-state index in [1.54, 1.807) is 47.4 Å². The molecule has 0 saturated carbocycles. The van der Waals surface area contributed by atoms with Crippen LogP contribution in [0, 0.1) is 0 Å². The molecule has 1 aromatic carbocycles. The van der Waals surface area contributed by atoms with Crippen molar-refractivity contribution in [1.29, 1.82) is 0 Å². The lowest BCUT2D eigenvalue weighted by Gasteiger charge is -2.20. The Hall–Kier alpha value is -5.36. The third-order valence-electron chi connectivity index (χ3n) is 6.34. The second-order valence-corrected chi connectivity index (χ2v) is 8.91. The van der Waals surface area contributed by atoms with E-state index in [0.717, 1.165) is 5.56 Å². The molecular formula is C28H25N9O3. The summed E-state index contributed by atoms with van der Waals surface area (Å²) < 4.78 is 7.64. The van der Waals surface area contributed by atoms with Crippen LogP contribution in [0.25, 0.3) is 34.1 Å². The Bertz CT molecular complexity index is 1810. The fourth-order valence-corrected chi connectivity index (χ4v) is 4.34. The lowest BCUT2D eigenvalue weighted by molar-refractivity contribution is 0.276. The number of hydrogen-bond donors (Lipinski definition) is 4. The average Bonchev–Trinajstić information content (AvgIpc) is 3.61. The van der Waals surface area contributed by atoms with Crippen LogP contribution in [0.5, 0.6) is 0 Å². The van der Waals surface area contributed by atoms with Gasteiger partial charge in [0, 0.05) is 25.0 Å². The molecule has 1 atom stereocenters. The van der Waals surface area contributed by atoms with E-state index in [9.17, 15) is 9.90 Å². The number of anilines is 3. The van der Waals surface area contributed by atoms with E-state index in [2.05, 4.69) is 40.9 Å². The molecule has 0 radical (unpaired) electrons. The summed E-state index contributed by atoms with van der Waals surface area (Å²) in [5.74, 6) is 1.51. The molecule has 12 nitrogen and oxygen atoms in total. The molecule has 200 valence electrons. The van der Waals surface area contributed by atoms with E-state index >= 15 is 0 Å². The number of rotatable bonds is 9. The Morgan fingerprint density at radius 3 is 2.60 bits per heavy atom. The molecule has 6 aromatic rings. The highest BCUT2D eigenvalue weighted by atomic mass is 16.4. The molecular weight excluding hydrogens is 510 g/mol. The monoisotopic (exact) mass is 535 g/mol. The lowest BCUT2D eigenvalue weighted by atomic mass is 10.1. The molecule has 0 amide bonds. The van der Waals surface area contributed by atoms with Crippen LogP contribution < -0.4 is 16.2 Å². The first kappa shape index (κ1) is 24.9. The zero-order valence-corrected chi connectivity index (χ0v) is 21.4. The molecule has 0 fully saturated rings. The number of aromatic nitrogens is 7. The molecule has 5 heterocycles. The Balaban J connectivity index is 1.38. The third-order valence-corrected chi connectivity index (χ3v) is 6.34.